The second-order valence-electron chi connectivity index (χ2n) is 2.17. The van der Waals surface area contributed by atoms with E-state index in [2.05, 4.69) is 9.98 Å². The van der Waals surface area contributed by atoms with Crippen molar-refractivity contribution < 1.29 is 0 Å². The fourth-order valence-electron chi connectivity index (χ4n) is 0.907. The zero-order valence-corrected chi connectivity index (χ0v) is 6.83. The lowest BCUT2D eigenvalue weighted by Crippen LogP contribution is -2.20. The second kappa shape index (κ2) is 3.76. The van der Waals surface area contributed by atoms with Crippen molar-refractivity contribution in [1.29, 1.82) is 0 Å². The third-order valence-electron chi connectivity index (χ3n) is 1.48. The Kier molecular flexibility index (Phi) is 2.66. The Bertz CT molecular complexity index is 344. The summed E-state index contributed by atoms with van der Waals surface area (Å²) in [6.45, 7) is 3.91. The number of aromatic nitrogens is 1. The molecule has 1 rings (SSSR count). The third kappa shape index (κ3) is 1.80. The maximum atomic E-state index is 4.02. The molecule has 0 aliphatic heterocycles. The summed E-state index contributed by atoms with van der Waals surface area (Å²) in [5.41, 5.74) is 0. The molecule has 0 unspecified atom stereocenters. The van der Waals surface area contributed by atoms with Crippen molar-refractivity contribution >= 4 is 18.5 Å². The van der Waals surface area contributed by atoms with Crippen molar-refractivity contribution in [2.24, 2.45) is 4.99 Å². The molecule has 11 heavy (non-hydrogen) atoms. The fourth-order valence-corrected chi connectivity index (χ4v) is 0.907. The van der Waals surface area contributed by atoms with Crippen LogP contribution >= 0.6 is 0 Å². The molecule has 2 heteroatoms. The number of aromatic amines is 1. The predicted octanol–water partition coefficient (Wildman–Crippen LogP) is 0.644. The van der Waals surface area contributed by atoms with E-state index in [9.17, 15) is 0 Å². The first-order valence-electron chi connectivity index (χ1n) is 3.66. The van der Waals surface area contributed by atoms with Gasteiger partial charge in [-0.25, -0.2) is 0 Å². The molecule has 0 aromatic carbocycles. The standard InChI is InChI=1S/C9H12N2/c1-3-8-5-6-11-9(8)7-10-4-2/h3-7,11H,1-2H3/b8-3-,9-7+,10-4?. The molecule has 0 spiro atoms. The highest BCUT2D eigenvalue weighted by Crippen LogP contribution is 1.67. The van der Waals surface area contributed by atoms with Crippen LogP contribution in [0.15, 0.2) is 17.3 Å². The van der Waals surface area contributed by atoms with Crippen LogP contribution in [0.5, 0.6) is 0 Å². The maximum Gasteiger partial charge on any atom is 0.0636 e. The zero-order valence-electron chi connectivity index (χ0n) is 6.83. The van der Waals surface area contributed by atoms with Gasteiger partial charge in [0.15, 0.2) is 0 Å². The Labute approximate surface area is 66.0 Å². The molecule has 1 aromatic rings. The van der Waals surface area contributed by atoms with Gasteiger partial charge in [-0.05, 0) is 25.1 Å². The summed E-state index contributed by atoms with van der Waals surface area (Å²) in [6, 6.07) is 2.02. The Morgan fingerprint density at radius 3 is 2.91 bits per heavy atom. The van der Waals surface area contributed by atoms with Gasteiger partial charge < -0.3 is 4.98 Å². The molecule has 0 saturated carbocycles. The molecule has 0 fully saturated rings. The number of rotatable bonds is 1. The van der Waals surface area contributed by atoms with Crippen LogP contribution < -0.4 is 10.6 Å². The number of aliphatic imine (C=N–C) groups is 1. The minimum absolute atomic E-state index is 1.06. The highest BCUT2D eigenvalue weighted by molar-refractivity contribution is 5.57. The lowest BCUT2D eigenvalue weighted by atomic mass is 10.4. The first-order valence-corrected chi connectivity index (χ1v) is 3.66. The van der Waals surface area contributed by atoms with Gasteiger partial charge in [0, 0.05) is 12.4 Å². The van der Waals surface area contributed by atoms with E-state index in [1.165, 1.54) is 5.22 Å². The average Bonchev–Trinajstić information content (AvgIpc) is 2.47. The number of H-pyrrole nitrogens is 1. The first-order chi connectivity index (χ1) is 5.38. The van der Waals surface area contributed by atoms with Crippen LogP contribution in [0.3, 0.4) is 0 Å². The van der Waals surface area contributed by atoms with Crippen molar-refractivity contribution in [3.05, 3.63) is 22.8 Å². The summed E-state index contributed by atoms with van der Waals surface area (Å²) in [7, 11) is 0. The van der Waals surface area contributed by atoms with Crippen LogP contribution in [0.25, 0.3) is 12.3 Å². The Morgan fingerprint density at radius 2 is 2.27 bits per heavy atom. The highest BCUT2D eigenvalue weighted by Gasteiger charge is 1.80. The first kappa shape index (κ1) is 7.79. The second-order valence-corrected chi connectivity index (χ2v) is 2.17. The van der Waals surface area contributed by atoms with E-state index < -0.39 is 0 Å². The minimum Gasteiger partial charge on any atom is -0.360 e. The summed E-state index contributed by atoms with van der Waals surface area (Å²) >= 11 is 0. The molecule has 0 atom stereocenters. The Morgan fingerprint density at radius 1 is 1.45 bits per heavy atom. The van der Waals surface area contributed by atoms with Gasteiger partial charge in [0.1, 0.15) is 0 Å². The topological polar surface area (TPSA) is 28.1 Å². The SMILES string of the molecule is CC=N/C=c1/[nH]cc/c1=C/C. The average molecular weight is 148 g/mol. The van der Waals surface area contributed by atoms with E-state index in [1.54, 1.807) is 6.21 Å². The fraction of sp³-hybridized carbons (Fsp3) is 0.222. The lowest BCUT2D eigenvalue weighted by Gasteiger charge is -1.75. The van der Waals surface area contributed by atoms with Crippen molar-refractivity contribution in [3.8, 4) is 0 Å². The molecule has 0 amide bonds. The van der Waals surface area contributed by atoms with Crippen LogP contribution in [0.4, 0.5) is 0 Å². The zero-order chi connectivity index (χ0) is 8.10. The lowest BCUT2D eigenvalue weighted by molar-refractivity contribution is 1.30. The molecule has 0 radical (unpaired) electrons. The van der Waals surface area contributed by atoms with E-state index in [4.69, 9.17) is 0 Å². The monoisotopic (exact) mass is 148 g/mol. The molecule has 1 N–H and O–H groups in total. The largest absolute Gasteiger partial charge is 0.360 e. The molecule has 58 valence electrons. The highest BCUT2D eigenvalue weighted by atomic mass is 14.7. The van der Waals surface area contributed by atoms with Crippen LogP contribution in [0, 0.1) is 0 Å². The number of hydrogen-bond acceptors (Lipinski definition) is 1. The Hall–Kier alpha value is -1.31. The number of nitrogens with zero attached hydrogens (tertiary/aromatic N) is 1. The van der Waals surface area contributed by atoms with Gasteiger partial charge in [0.25, 0.3) is 0 Å². The van der Waals surface area contributed by atoms with E-state index >= 15 is 0 Å². The van der Waals surface area contributed by atoms with Crippen molar-refractivity contribution in [2.45, 2.75) is 13.8 Å². The van der Waals surface area contributed by atoms with Gasteiger partial charge >= 0.3 is 0 Å². The van der Waals surface area contributed by atoms with Crippen LogP contribution in [0.2, 0.25) is 0 Å². The predicted molar refractivity (Wildman–Crippen MR) is 48.8 cm³/mol. The molecule has 0 saturated heterocycles. The molecule has 1 heterocycles. The molecular formula is C9H12N2. The molecule has 1 aromatic heterocycles. The van der Waals surface area contributed by atoms with Crippen molar-refractivity contribution in [3.63, 3.8) is 0 Å². The number of hydrogen-bond donors (Lipinski definition) is 1. The summed E-state index contributed by atoms with van der Waals surface area (Å²) in [4.78, 5) is 7.11. The summed E-state index contributed by atoms with van der Waals surface area (Å²) in [5, 5.41) is 2.25. The summed E-state index contributed by atoms with van der Waals surface area (Å²) in [5.74, 6) is 0. The van der Waals surface area contributed by atoms with Gasteiger partial charge in [-0.1, -0.05) is 6.08 Å². The van der Waals surface area contributed by atoms with Gasteiger partial charge in [0.05, 0.1) is 11.5 Å². The maximum absolute atomic E-state index is 4.02. The van der Waals surface area contributed by atoms with Gasteiger partial charge in [0.2, 0.25) is 0 Å². The van der Waals surface area contributed by atoms with Crippen molar-refractivity contribution in [2.75, 3.05) is 0 Å². The molecule has 0 aliphatic rings. The molecule has 0 bridgehead atoms. The smallest absolute Gasteiger partial charge is 0.0636 e. The quantitative estimate of drug-likeness (QED) is 0.566. The number of nitrogens with one attached hydrogen (secondary N) is 1. The summed E-state index contributed by atoms with van der Waals surface area (Å²) < 4.78 is 0. The van der Waals surface area contributed by atoms with E-state index in [0.29, 0.717) is 0 Å². The molecule has 2 nitrogen and oxygen atoms in total. The van der Waals surface area contributed by atoms with E-state index in [1.807, 2.05) is 38.4 Å². The van der Waals surface area contributed by atoms with Gasteiger partial charge in [-0.3, -0.25) is 4.99 Å². The van der Waals surface area contributed by atoms with Crippen LogP contribution in [-0.4, -0.2) is 11.2 Å². The van der Waals surface area contributed by atoms with Crippen LogP contribution in [0.1, 0.15) is 13.8 Å². The normalized spacial score (nSPS) is 15.1. The van der Waals surface area contributed by atoms with E-state index in [0.717, 1.165) is 5.35 Å². The summed E-state index contributed by atoms with van der Waals surface area (Å²) in [6.07, 6.45) is 7.54. The molecule has 0 aliphatic carbocycles. The van der Waals surface area contributed by atoms with Crippen molar-refractivity contribution in [1.82, 2.24) is 4.98 Å². The van der Waals surface area contributed by atoms with Crippen LogP contribution in [-0.2, 0) is 0 Å². The third-order valence-corrected chi connectivity index (χ3v) is 1.48. The van der Waals surface area contributed by atoms with Gasteiger partial charge in [-0.2, -0.15) is 0 Å². The van der Waals surface area contributed by atoms with E-state index in [-0.39, 0.29) is 0 Å². The minimum atomic E-state index is 1.06. The van der Waals surface area contributed by atoms with Gasteiger partial charge in [-0.15, -0.1) is 0 Å². The Balaban J connectivity index is 3.23. The molecular weight excluding hydrogens is 136 g/mol.